The molecule has 0 aromatic carbocycles. The maximum Gasteiger partial charge on any atom is 0.110 e. The van der Waals surface area contributed by atoms with Gasteiger partial charge in [0.25, 0.3) is 0 Å². The SMILES string of the molecule is BC1C=C2C(CC1)C1CC=CC3=CCCC2C31. The van der Waals surface area contributed by atoms with Crippen molar-refractivity contribution in [1.29, 1.82) is 0 Å². The van der Waals surface area contributed by atoms with E-state index in [1.165, 1.54) is 32.1 Å². The normalized spacial score (nSPS) is 46.9. The van der Waals surface area contributed by atoms with Gasteiger partial charge in [-0.1, -0.05) is 42.1 Å². The van der Waals surface area contributed by atoms with Gasteiger partial charge >= 0.3 is 0 Å². The summed E-state index contributed by atoms with van der Waals surface area (Å²) >= 11 is 0. The van der Waals surface area contributed by atoms with Crippen LogP contribution >= 0.6 is 0 Å². The lowest BCUT2D eigenvalue weighted by Crippen LogP contribution is -2.23. The summed E-state index contributed by atoms with van der Waals surface area (Å²) in [6.45, 7) is 0. The van der Waals surface area contributed by atoms with Crippen LogP contribution in [0, 0.1) is 23.7 Å². The molecule has 4 aliphatic rings. The number of allylic oxidation sites excluding steroid dienone is 6. The third kappa shape index (κ3) is 1.38. The minimum atomic E-state index is 0.837. The van der Waals surface area contributed by atoms with Crippen molar-refractivity contribution in [3.8, 4) is 0 Å². The molecule has 0 aromatic heterocycles. The summed E-state index contributed by atoms with van der Waals surface area (Å²) in [5.41, 5.74) is 3.55. The van der Waals surface area contributed by atoms with Gasteiger partial charge in [-0.2, -0.15) is 0 Å². The van der Waals surface area contributed by atoms with E-state index in [2.05, 4.69) is 32.2 Å². The lowest BCUT2D eigenvalue weighted by molar-refractivity contribution is 0.295. The van der Waals surface area contributed by atoms with E-state index in [1.807, 2.05) is 5.57 Å². The monoisotopic (exact) mass is 224 g/mol. The average Bonchev–Trinajstić information content (AvgIpc) is 2.67. The van der Waals surface area contributed by atoms with Gasteiger partial charge in [-0.3, -0.25) is 0 Å². The molecule has 0 radical (unpaired) electrons. The smallest absolute Gasteiger partial charge is 0.0896 e. The Morgan fingerprint density at radius 3 is 3.00 bits per heavy atom. The highest BCUT2D eigenvalue weighted by Crippen LogP contribution is 2.59. The van der Waals surface area contributed by atoms with E-state index in [-0.39, 0.29) is 0 Å². The molecular formula is C16H21B. The van der Waals surface area contributed by atoms with Crippen molar-refractivity contribution in [3.05, 3.63) is 35.5 Å². The van der Waals surface area contributed by atoms with Crippen LogP contribution in [0.4, 0.5) is 0 Å². The Morgan fingerprint density at radius 1 is 1.12 bits per heavy atom. The molecule has 0 heterocycles. The molecule has 0 aliphatic heterocycles. The molecule has 1 heteroatoms. The molecule has 1 saturated carbocycles. The molecule has 0 spiro atoms. The van der Waals surface area contributed by atoms with E-state index in [9.17, 15) is 0 Å². The Bertz CT molecular complexity index is 429. The van der Waals surface area contributed by atoms with Gasteiger partial charge < -0.3 is 0 Å². The summed E-state index contributed by atoms with van der Waals surface area (Å²) in [6.07, 6.45) is 17.0. The van der Waals surface area contributed by atoms with E-state index in [0.29, 0.717) is 0 Å². The van der Waals surface area contributed by atoms with Crippen LogP contribution in [0.5, 0.6) is 0 Å². The molecule has 5 atom stereocenters. The number of rotatable bonds is 0. The van der Waals surface area contributed by atoms with Gasteiger partial charge in [0.15, 0.2) is 0 Å². The van der Waals surface area contributed by atoms with Crippen LogP contribution in [0.1, 0.15) is 32.1 Å². The minimum Gasteiger partial charge on any atom is -0.0896 e. The maximum atomic E-state index is 2.65. The van der Waals surface area contributed by atoms with Crippen LogP contribution in [-0.2, 0) is 0 Å². The highest BCUT2D eigenvalue weighted by Gasteiger charge is 2.49. The van der Waals surface area contributed by atoms with E-state index < -0.39 is 0 Å². The lowest BCUT2D eigenvalue weighted by Gasteiger charge is -2.32. The molecular weight excluding hydrogens is 203 g/mol. The van der Waals surface area contributed by atoms with Gasteiger partial charge in [0.2, 0.25) is 0 Å². The average molecular weight is 224 g/mol. The van der Waals surface area contributed by atoms with Crippen LogP contribution in [0.2, 0.25) is 5.82 Å². The summed E-state index contributed by atoms with van der Waals surface area (Å²) in [7, 11) is 2.41. The largest absolute Gasteiger partial charge is 0.110 e. The van der Waals surface area contributed by atoms with Crippen LogP contribution < -0.4 is 0 Å². The van der Waals surface area contributed by atoms with Crippen molar-refractivity contribution in [1.82, 2.24) is 0 Å². The van der Waals surface area contributed by atoms with E-state index in [1.54, 1.807) is 5.57 Å². The molecule has 17 heavy (non-hydrogen) atoms. The second-order valence-corrected chi connectivity index (χ2v) is 6.54. The quantitative estimate of drug-likeness (QED) is 0.437. The van der Waals surface area contributed by atoms with Crippen LogP contribution in [0.3, 0.4) is 0 Å². The zero-order valence-corrected chi connectivity index (χ0v) is 10.7. The molecule has 4 rings (SSSR count). The van der Waals surface area contributed by atoms with Gasteiger partial charge in [0.05, 0.1) is 0 Å². The fourth-order valence-electron chi connectivity index (χ4n) is 5.00. The van der Waals surface area contributed by atoms with Gasteiger partial charge in [0, 0.05) is 0 Å². The molecule has 5 unspecified atom stereocenters. The summed E-state index contributed by atoms with van der Waals surface area (Å²) in [5, 5.41) is 0. The predicted octanol–water partition coefficient (Wildman–Crippen LogP) is 3.29. The Balaban J connectivity index is 1.81. The van der Waals surface area contributed by atoms with Gasteiger partial charge in [-0.15, -0.1) is 0 Å². The third-order valence-electron chi connectivity index (χ3n) is 5.64. The molecule has 88 valence electrons. The molecule has 0 N–H and O–H groups in total. The van der Waals surface area contributed by atoms with Crippen molar-refractivity contribution in [2.24, 2.45) is 23.7 Å². The Morgan fingerprint density at radius 2 is 2.06 bits per heavy atom. The van der Waals surface area contributed by atoms with Crippen LogP contribution in [-0.4, -0.2) is 7.85 Å². The lowest BCUT2D eigenvalue weighted by atomic mass is 9.71. The highest BCUT2D eigenvalue weighted by atomic mass is 14.5. The number of fused-ring (bicyclic) bond motifs is 3. The van der Waals surface area contributed by atoms with Crippen molar-refractivity contribution in [2.45, 2.75) is 37.9 Å². The van der Waals surface area contributed by atoms with Crippen molar-refractivity contribution < 1.29 is 0 Å². The minimum absolute atomic E-state index is 0.837. The van der Waals surface area contributed by atoms with Crippen LogP contribution in [0.25, 0.3) is 0 Å². The number of hydrogen-bond acceptors (Lipinski definition) is 0. The van der Waals surface area contributed by atoms with Gasteiger partial charge in [-0.25, -0.2) is 0 Å². The first-order chi connectivity index (χ1) is 8.34. The third-order valence-corrected chi connectivity index (χ3v) is 5.64. The molecule has 0 nitrogen and oxygen atoms in total. The highest BCUT2D eigenvalue weighted by molar-refractivity contribution is 6.13. The second kappa shape index (κ2) is 3.64. The summed E-state index contributed by atoms with van der Waals surface area (Å²) in [6, 6.07) is 0. The second-order valence-electron chi connectivity index (χ2n) is 6.54. The molecule has 4 aliphatic carbocycles. The molecule has 0 amide bonds. The Hall–Kier alpha value is -0.715. The maximum absolute atomic E-state index is 2.65. The zero-order chi connectivity index (χ0) is 11.4. The van der Waals surface area contributed by atoms with Gasteiger partial charge in [0.1, 0.15) is 7.85 Å². The van der Waals surface area contributed by atoms with E-state index >= 15 is 0 Å². The Kier molecular flexibility index (Phi) is 2.19. The molecule has 1 fully saturated rings. The fraction of sp³-hybridized carbons (Fsp3) is 0.625. The molecule has 0 bridgehead atoms. The molecule has 0 aromatic rings. The topological polar surface area (TPSA) is 0 Å². The first-order valence-corrected chi connectivity index (χ1v) is 7.43. The van der Waals surface area contributed by atoms with Crippen molar-refractivity contribution in [2.75, 3.05) is 0 Å². The van der Waals surface area contributed by atoms with Gasteiger partial charge in [-0.05, 0) is 54.9 Å². The van der Waals surface area contributed by atoms with Crippen molar-refractivity contribution in [3.63, 3.8) is 0 Å². The van der Waals surface area contributed by atoms with E-state index in [4.69, 9.17) is 0 Å². The summed E-state index contributed by atoms with van der Waals surface area (Å²) < 4.78 is 0. The molecule has 0 saturated heterocycles. The van der Waals surface area contributed by atoms with E-state index in [0.717, 1.165) is 29.5 Å². The standard InChI is InChI=1S/C16H21B/c17-11-7-8-12-13-5-1-3-10-4-2-6-14(16(10)13)15(12)9-11/h1,3-4,9,11-14,16H,2,5-8,17H2. The summed E-state index contributed by atoms with van der Waals surface area (Å²) in [4.78, 5) is 0. The predicted molar refractivity (Wildman–Crippen MR) is 74.6 cm³/mol. The Labute approximate surface area is 105 Å². The van der Waals surface area contributed by atoms with Crippen LogP contribution in [0.15, 0.2) is 35.5 Å². The number of hydrogen-bond donors (Lipinski definition) is 0. The summed E-state index contributed by atoms with van der Waals surface area (Å²) in [5.74, 6) is 4.54. The fourth-order valence-corrected chi connectivity index (χ4v) is 5.00. The van der Waals surface area contributed by atoms with Crippen molar-refractivity contribution >= 4 is 7.85 Å². The first-order valence-electron chi connectivity index (χ1n) is 7.43. The zero-order valence-electron chi connectivity index (χ0n) is 10.7. The first kappa shape index (κ1) is 10.2.